The van der Waals surface area contributed by atoms with Crippen molar-refractivity contribution in [1.82, 2.24) is 4.90 Å². The minimum absolute atomic E-state index is 0.0249. The first-order chi connectivity index (χ1) is 16.0. The van der Waals surface area contributed by atoms with E-state index in [1.807, 2.05) is 0 Å². The number of fused-ring (bicyclic) bond motifs is 5. The molecule has 7 heteroatoms. The van der Waals surface area contributed by atoms with Crippen molar-refractivity contribution in [3.8, 4) is 0 Å². The average Bonchev–Trinajstić information content (AvgIpc) is 3.17. The highest BCUT2D eigenvalue weighted by Crippen LogP contribution is 2.80. The Bertz CT molecular complexity index is 808. The number of rotatable bonds is 14. The Morgan fingerprint density at radius 1 is 0.882 bits per heavy atom. The molecule has 1 saturated carbocycles. The van der Waals surface area contributed by atoms with Crippen LogP contribution in [0, 0.1) is 28.1 Å². The van der Waals surface area contributed by atoms with Gasteiger partial charge in [-0.15, -0.1) is 0 Å². The Balaban J connectivity index is 1.73. The van der Waals surface area contributed by atoms with Gasteiger partial charge in [0.15, 0.2) is 0 Å². The third-order valence-electron chi connectivity index (χ3n) is 9.83. The molecule has 3 amide bonds. The molecule has 0 aromatic heterocycles. The van der Waals surface area contributed by atoms with Crippen molar-refractivity contribution in [2.24, 2.45) is 33.8 Å². The fraction of sp³-hybridized carbons (Fsp3) is 0.815. The van der Waals surface area contributed by atoms with Crippen LogP contribution in [-0.2, 0) is 23.9 Å². The van der Waals surface area contributed by atoms with Crippen LogP contribution in [0.1, 0.15) is 80.1 Å². The lowest BCUT2D eigenvalue weighted by Gasteiger charge is -2.46. The minimum Gasteiger partial charge on any atom is -0.379 e. The molecule has 0 aromatic rings. The van der Waals surface area contributed by atoms with E-state index in [1.165, 1.54) is 16.0 Å². The lowest BCUT2D eigenvalue weighted by atomic mass is 9.58. The smallest absolute Gasteiger partial charge is 0.234 e. The highest BCUT2D eigenvalue weighted by molar-refractivity contribution is 6.07. The van der Waals surface area contributed by atoms with Gasteiger partial charge in [0.1, 0.15) is 0 Å². The number of hydrogen-bond acceptors (Lipinski definition) is 5. The van der Waals surface area contributed by atoms with Gasteiger partial charge in [-0.1, -0.05) is 45.3 Å². The number of ether oxygens (including phenoxy) is 2. The maximum absolute atomic E-state index is 13.7. The first-order valence-electron chi connectivity index (χ1n) is 13.0. The van der Waals surface area contributed by atoms with Crippen LogP contribution in [-0.4, -0.2) is 55.6 Å². The summed E-state index contributed by atoms with van der Waals surface area (Å²) in [6.07, 6.45) is 4.30. The topological polar surface area (TPSA) is 98.9 Å². The van der Waals surface area contributed by atoms with Crippen molar-refractivity contribution in [2.45, 2.75) is 80.1 Å². The van der Waals surface area contributed by atoms with Gasteiger partial charge >= 0.3 is 0 Å². The second-order valence-electron chi connectivity index (χ2n) is 11.0. The van der Waals surface area contributed by atoms with Crippen molar-refractivity contribution in [3.63, 3.8) is 0 Å². The maximum atomic E-state index is 13.7. The number of allylic oxidation sites excluding steroid dienone is 2. The third kappa shape index (κ3) is 3.83. The normalized spacial score (nSPS) is 34.5. The van der Waals surface area contributed by atoms with E-state index in [4.69, 9.17) is 15.2 Å². The van der Waals surface area contributed by atoms with E-state index in [0.29, 0.717) is 45.6 Å². The zero-order valence-electron chi connectivity index (χ0n) is 22.0. The molecule has 192 valence electrons. The van der Waals surface area contributed by atoms with Gasteiger partial charge in [-0.25, -0.2) is 0 Å². The highest BCUT2D eigenvalue weighted by atomic mass is 16.5. The molecule has 0 spiro atoms. The molecule has 0 radical (unpaired) electrons. The molecule has 4 atom stereocenters. The summed E-state index contributed by atoms with van der Waals surface area (Å²) in [6, 6.07) is 0. The highest BCUT2D eigenvalue weighted by Gasteiger charge is 2.80. The zero-order chi connectivity index (χ0) is 25.3. The van der Waals surface area contributed by atoms with E-state index in [1.54, 1.807) is 0 Å². The number of primary amides is 1. The monoisotopic (exact) mass is 476 g/mol. The number of nitrogens with zero attached hydrogens (tertiary/aromatic N) is 1. The fourth-order valence-corrected chi connectivity index (χ4v) is 7.42. The van der Waals surface area contributed by atoms with E-state index in [-0.39, 0.29) is 45.8 Å². The molecule has 1 heterocycles. The van der Waals surface area contributed by atoms with Crippen molar-refractivity contribution in [3.05, 3.63) is 11.1 Å². The summed E-state index contributed by atoms with van der Waals surface area (Å²) in [5.74, 6) is -1.00. The Hall–Kier alpha value is -1.73. The number of hydrogen-bond donors (Lipinski definition) is 1. The molecule has 4 unspecified atom stereocenters. The van der Waals surface area contributed by atoms with Gasteiger partial charge in [0.25, 0.3) is 0 Å². The standard InChI is InChI=1S/C27H44N2O5/c1-7-14-33-16-17-34-15-12-25(4)26(5)18(2)19(3)27(25,6)22-21(26)23(31)29(24(22)32)13-10-8-9-11-20(28)30/h21-22H,7-17H2,1-6H3,(H2,28,30). The largest absolute Gasteiger partial charge is 0.379 e. The number of imide groups is 1. The number of nitrogens with two attached hydrogens (primary N) is 1. The Kier molecular flexibility index (Phi) is 7.98. The van der Waals surface area contributed by atoms with Crippen LogP contribution >= 0.6 is 0 Å². The van der Waals surface area contributed by atoms with Crippen molar-refractivity contribution in [1.29, 1.82) is 0 Å². The van der Waals surface area contributed by atoms with Crippen molar-refractivity contribution in [2.75, 3.05) is 33.0 Å². The van der Waals surface area contributed by atoms with Gasteiger partial charge < -0.3 is 15.2 Å². The predicted molar refractivity (Wildman–Crippen MR) is 131 cm³/mol. The lowest BCUT2D eigenvalue weighted by Crippen LogP contribution is -2.46. The molecular formula is C27H44N2O5. The summed E-state index contributed by atoms with van der Waals surface area (Å²) in [7, 11) is 0. The van der Waals surface area contributed by atoms with Crippen LogP contribution in [0.5, 0.6) is 0 Å². The first-order valence-corrected chi connectivity index (χ1v) is 13.0. The number of carbonyl (C=O) groups is 3. The van der Waals surface area contributed by atoms with Crippen molar-refractivity contribution < 1.29 is 23.9 Å². The summed E-state index contributed by atoms with van der Waals surface area (Å²) in [5, 5.41) is 0. The first kappa shape index (κ1) is 26.9. The quantitative estimate of drug-likeness (QED) is 0.233. The average molecular weight is 477 g/mol. The fourth-order valence-electron chi connectivity index (χ4n) is 7.42. The Morgan fingerprint density at radius 3 is 1.91 bits per heavy atom. The number of carbonyl (C=O) groups excluding carboxylic acids is 3. The van der Waals surface area contributed by atoms with Crippen LogP contribution in [0.3, 0.4) is 0 Å². The Labute approximate surface area is 204 Å². The van der Waals surface area contributed by atoms with Crippen LogP contribution in [0.15, 0.2) is 11.1 Å². The van der Waals surface area contributed by atoms with Gasteiger partial charge in [0.2, 0.25) is 17.7 Å². The molecule has 3 rings (SSSR count). The third-order valence-corrected chi connectivity index (χ3v) is 9.83. The van der Waals surface area contributed by atoms with Gasteiger partial charge in [0.05, 0.1) is 25.0 Å². The van der Waals surface area contributed by atoms with E-state index in [9.17, 15) is 14.4 Å². The van der Waals surface area contributed by atoms with Crippen LogP contribution in [0.2, 0.25) is 0 Å². The second-order valence-corrected chi connectivity index (χ2v) is 11.0. The van der Waals surface area contributed by atoms with E-state index < -0.39 is 0 Å². The zero-order valence-corrected chi connectivity index (χ0v) is 22.0. The number of unbranched alkanes of at least 4 members (excludes halogenated alkanes) is 2. The number of likely N-dealkylation sites (tertiary alicyclic amines) is 1. The Morgan fingerprint density at radius 2 is 1.41 bits per heavy atom. The van der Waals surface area contributed by atoms with E-state index in [0.717, 1.165) is 25.9 Å². The molecule has 2 N–H and O–H groups in total. The van der Waals surface area contributed by atoms with Gasteiger partial charge in [-0.2, -0.15) is 0 Å². The molecule has 2 bridgehead atoms. The summed E-state index contributed by atoms with van der Waals surface area (Å²) < 4.78 is 11.4. The summed E-state index contributed by atoms with van der Waals surface area (Å²) >= 11 is 0. The minimum atomic E-state index is -0.383. The predicted octanol–water partition coefficient (Wildman–Crippen LogP) is 3.85. The van der Waals surface area contributed by atoms with Crippen molar-refractivity contribution >= 4 is 17.7 Å². The molecule has 1 aliphatic heterocycles. The molecule has 2 fully saturated rings. The van der Waals surface area contributed by atoms with Gasteiger partial charge in [-0.3, -0.25) is 19.3 Å². The van der Waals surface area contributed by atoms with Gasteiger partial charge in [0, 0.05) is 37.0 Å². The van der Waals surface area contributed by atoms with E-state index >= 15 is 0 Å². The molecule has 3 aliphatic rings. The molecule has 2 aliphatic carbocycles. The molecule has 34 heavy (non-hydrogen) atoms. The summed E-state index contributed by atoms with van der Waals surface area (Å²) in [6.45, 7) is 16.0. The lowest BCUT2D eigenvalue weighted by molar-refractivity contribution is -0.144. The molecule has 0 aromatic carbocycles. The second kappa shape index (κ2) is 10.1. The summed E-state index contributed by atoms with van der Waals surface area (Å²) in [4.78, 5) is 39.8. The molecular weight excluding hydrogens is 432 g/mol. The van der Waals surface area contributed by atoms with Crippen LogP contribution < -0.4 is 5.73 Å². The van der Waals surface area contributed by atoms with Crippen LogP contribution in [0.25, 0.3) is 0 Å². The molecule has 7 nitrogen and oxygen atoms in total. The number of amides is 3. The van der Waals surface area contributed by atoms with Gasteiger partial charge in [-0.05, 0) is 44.9 Å². The molecule has 1 saturated heterocycles. The maximum Gasteiger partial charge on any atom is 0.234 e. The summed E-state index contributed by atoms with van der Waals surface area (Å²) in [5.41, 5.74) is 6.72. The SMILES string of the molecule is CCCOCCOCCC1(C)C2(C)C(C)=C(C)C1(C)C1C(=O)N(CCCCCC(N)=O)C(=O)C12. The van der Waals surface area contributed by atoms with E-state index in [2.05, 4.69) is 41.5 Å². The van der Waals surface area contributed by atoms with Crippen LogP contribution in [0.4, 0.5) is 0 Å².